The van der Waals surface area contributed by atoms with Crippen LogP contribution in [0.2, 0.25) is 5.02 Å². The van der Waals surface area contributed by atoms with Crippen LogP contribution in [0, 0.1) is 12.8 Å². The first-order valence-corrected chi connectivity index (χ1v) is 5.53. The number of halogens is 1. The van der Waals surface area contributed by atoms with E-state index >= 15 is 0 Å². The zero-order valence-corrected chi connectivity index (χ0v) is 9.43. The molecule has 0 spiro atoms. The van der Waals surface area contributed by atoms with Crippen LogP contribution in [0.15, 0.2) is 18.2 Å². The van der Waals surface area contributed by atoms with Crippen LogP contribution in [0.5, 0.6) is 0 Å². The third kappa shape index (κ3) is 2.28. The van der Waals surface area contributed by atoms with Crippen LogP contribution >= 0.6 is 11.6 Å². The largest absolute Gasteiger partial charge is 0.310 e. The molecule has 0 amide bonds. The predicted molar refractivity (Wildman–Crippen MR) is 60.6 cm³/mol. The van der Waals surface area contributed by atoms with Gasteiger partial charge in [0.25, 0.3) is 0 Å². The molecular weight excluding hydrogens is 194 g/mol. The minimum Gasteiger partial charge on any atom is -0.310 e. The first-order chi connectivity index (χ1) is 6.66. The van der Waals surface area contributed by atoms with Gasteiger partial charge in [-0.15, -0.1) is 0 Å². The average molecular weight is 210 g/mol. The Labute approximate surface area is 90.5 Å². The number of hydrogen-bond donors (Lipinski definition) is 1. The molecule has 0 radical (unpaired) electrons. The maximum absolute atomic E-state index is 5.89. The highest BCUT2D eigenvalue weighted by Crippen LogP contribution is 2.29. The van der Waals surface area contributed by atoms with Gasteiger partial charge < -0.3 is 5.32 Å². The predicted octanol–water partition coefficient (Wildman–Crippen LogP) is 3.15. The van der Waals surface area contributed by atoms with Gasteiger partial charge >= 0.3 is 0 Å². The molecule has 0 aromatic heterocycles. The fraction of sp³-hybridized carbons (Fsp3) is 0.500. The summed E-state index contributed by atoms with van der Waals surface area (Å²) in [7, 11) is 0. The molecule has 2 unspecified atom stereocenters. The topological polar surface area (TPSA) is 12.0 Å². The second kappa shape index (κ2) is 3.92. The molecule has 0 heterocycles. The lowest BCUT2D eigenvalue weighted by Gasteiger charge is -2.07. The molecule has 76 valence electrons. The molecule has 1 nitrogen and oxygen atoms in total. The maximum Gasteiger partial charge on any atom is 0.0408 e. The number of rotatable bonds is 3. The Morgan fingerprint density at radius 2 is 2.21 bits per heavy atom. The third-order valence-electron chi connectivity index (χ3n) is 2.97. The first kappa shape index (κ1) is 10.0. The van der Waals surface area contributed by atoms with Crippen molar-refractivity contribution in [2.24, 2.45) is 5.92 Å². The van der Waals surface area contributed by atoms with Crippen LogP contribution in [0.3, 0.4) is 0 Å². The van der Waals surface area contributed by atoms with Crippen LogP contribution < -0.4 is 5.32 Å². The highest BCUT2D eigenvalue weighted by Gasteiger charge is 2.31. The normalized spacial score (nSPS) is 25.1. The van der Waals surface area contributed by atoms with Gasteiger partial charge in [-0.25, -0.2) is 0 Å². The fourth-order valence-electron chi connectivity index (χ4n) is 1.71. The lowest BCUT2D eigenvalue weighted by Crippen LogP contribution is -2.17. The monoisotopic (exact) mass is 209 g/mol. The standard InChI is InChI=1S/C12H16ClN/c1-8-5-11(13)4-3-10(8)7-14-12-6-9(12)2/h3-5,9,12,14H,6-7H2,1-2H3. The van der Waals surface area contributed by atoms with E-state index in [4.69, 9.17) is 11.6 Å². The van der Waals surface area contributed by atoms with Gasteiger partial charge in [0.1, 0.15) is 0 Å². The van der Waals surface area contributed by atoms with Crippen molar-refractivity contribution in [3.8, 4) is 0 Å². The molecule has 2 atom stereocenters. The molecule has 1 aromatic rings. The third-order valence-corrected chi connectivity index (χ3v) is 3.20. The lowest BCUT2D eigenvalue weighted by atomic mass is 10.1. The molecule has 1 aliphatic rings. The van der Waals surface area contributed by atoms with Crippen LogP contribution in [0.25, 0.3) is 0 Å². The smallest absolute Gasteiger partial charge is 0.0408 e. The van der Waals surface area contributed by atoms with E-state index in [9.17, 15) is 0 Å². The highest BCUT2D eigenvalue weighted by molar-refractivity contribution is 6.30. The maximum atomic E-state index is 5.89. The summed E-state index contributed by atoms with van der Waals surface area (Å²) in [6.07, 6.45) is 1.33. The van der Waals surface area contributed by atoms with E-state index < -0.39 is 0 Å². The van der Waals surface area contributed by atoms with Crippen molar-refractivity contribution >= 4 is 11.6 Å². The van der Waals surface area contributed by atoms with Crippen molar-refractivity contribution in [3.63, 3.8) is 0 Å². The molecular formula is C12H16ClN. The highest BCUT2D eigenvalue weighted by atomic mass is 35.5. The number of hydrogen-bond acceptors (Lipinski definition) is 1. The van der Waals surface area contributed by atoms with E-state index in [-0.39, 0.29) is 0 Å². The van der Waals surface area contributed by atoms with Crippen molar-refractivity contribution in [1.82, 2.24) is 5.32 Å². The summed E-state index contributed by atoms with van der Waals surface area (Å²) in [5, 5.41) is 4.36. The number of benzene rings is 1. The molecule has 1 fully saturated rings. The summed E-state index contributed by atoms with van der Waals surface area (Å²) in [4.78, 5) is 0. The van der Waals surface area contributed by atoms with E-state index in [0.29, 0.717) is 0 Å². The van der Waals surface area contributed by atoms with Gasteiger partial charge in [0, 0.05) is 17.6 Å². The molecule has 1 aromatic carbocycles. The van der Waals surface area contributed by atoms with E-state index in [1.165, 1.54) is 17.5 Å². The summed E-state index contributed by atoms with van der Waals surface area (Å²) in [6.45, 7) is 5.36. The zero-order chi connectivity index (χ0) is 10.1. The van der Waals surface area contributed by atoms with Gasteiger partial charge in [0.05, 0.1) is 0 Å². The molecule has 1 saturated carbocycles. The summed E-state index contributed by atoms with van der Waals surface area (Å²) >= 11 is 5.89. The Kier molecular flexibility index (Phi) is 2.80. The van der Waals surface area contributed by atoms with Crippen molar-refractivity contribution in [1.29, 1.82) is 0 Å². The SMILES string of the molecule is Cc1cc(Cl)ccc1CNC1CC1C. The minimum absolute atomic E-state index is 0.741. The molecule has 2 rings (SSSR count). The summed E-state index contributed by atoms with van der Waals surface area (Å²) in [5.41, 5.74) is 2.63. The van der Waals surface area contributed by atoms with Crippen molar-refractivity contribution in [3.05, 3.63) is 34.3 Å². The van der Waals surface area contributed by atoms with Gasteiger partial charge in [-0.3, -0.25) is 0 Å². The van der Waals surface area contributed by atoms with Crippen LogP contribution in [0.1, 0.15) is 24.5 Å². The van der Waals surface area contributed by atoms with Gasteiger partial charge in [-0.05, 0) is 42.5 Å². The second-order valence-corrected chi connectivity index (χ2v) is 4.71. The molecule has 1 aliphatic carbocycles. The average Bonchev–Trinajstić information content (AvgIpc) is 2.80. The molecule has 1 N–H and O–H groups in total. The van der Waals surface area contributed by atoms with Gasteiger partial charge in [0.15, 0.2) is 0 Å². The summed E-state index contributed by atoms with van der Waals surface area (Å²) in [5.74, 6) is 0.864. The Balaban J connectivity index is 1.95. The molecule has 0 bridgehead atoms. The van der Waals surface area contributed by atoms with Crippen molar-refractivity contribution in [2.45, 2.75) is 32.9 Å². The molecule has 14 heavy (non-hydrogen) atoms. The lowest BCUT2D eigenvalue weighted by molar-refractivity contribution is 0.650. The second-order valence-electron chi connectivity index (χ2n) is 4.27. The molecule has 2 heteroatoms. The zero-order valence-electron chi connectivity index (χ0n) is 8.68. The summed E-state index contributed by atoms with van der Waals surface area (Å²) < 4.78 is 0. The minimum atomic E-state index is 0.741. The van der Waals surface area contributed by atoms with Gasteiger partial charge in [0.2, 0.25) is 0 Å². The fourth-order valence-corrected chi connectivity index (χ4v) is 1.93. The van der Waals surface area contributed by atoms with Crippen LogP contribution in [-0.2, 0) is 6.54 Å². The van der Waals surface area contributed by atoms with Crippen molar-refractivity contribution in [2.75, 3.05) is 0 Å². The first-order valence-electron chi connectivity index (χ1n) is 5.15. The molecule has 0 saturated heterocycles. The van der Waals surface area contributed by atoms with Crippen molar-refractivity contribution < 1.29 is 0 Å². The Morgan fingerprint density at radius 3 is 2.79 bits per heavy atom. The molecule has 0 aliphatic heterocycles. The van der Waals surface area contributed by atoms with Crippen LogP contribution in [0.4, 0.5) is 0 Å². The van der Waals surface area contributed by atoms with E-state index in [1.54, 1.807) is 0 Å². The number of aryl methyl sites for hydroxylation is 1. The van der Waals surface area contributed by atoms with E-state index in [2.05, 4.69) is 25.2 Å². The van der Waals surface area contributed by atoms with Crippen LogP contribution in [-0.4, -0.2) is 6.04 Å². The Bertz CT molecular complexity index is 335. The van der Waals surface area contributed by atoms with E-state index in [0.717, 1.165) is 23.5 Å². The van der Waals surface area contributed by atoms with Gasteiger partial charge in [-0.1, -0.05) is 24.6 Å². The Hall–Kier alpha value is -0.530. The number of nitrogens with one attached hydrogen (secondary N) is 1. The van der Waals surface area contributed by atoms with Gasteiger partial charge in [-0.2, -0.15) is 0 Å². The summed E-state index contributed by atoms with van der Waals surface area (Å²) in [6, 6.07) is 6.83. The Morgan fingerprint density at radius 1 is 1.50 bits per heavy atom. The van der Waals surface area contributed by atoms with E-state index in [1.807, 2.05) is 12.1 Å². The quantitative estimate of drug-likeness (QED) is 0.807.